The summed E-state index contributed by atoms with van der Waals surface area (Å²) >= 11 is 0. The molecule has 0 N–H and O–H groups in total. The van der Waals surface area contributed by atoms with Crippen LogP contribution in [0.4, 0.5) is 0 Å². The van der Waals surface area contributed by atoms with E-state index in [-0.39, 0.29) is 18.0 Å². The average Bonchev–Trinajstić information content (AvgIpc) is 2.48. The van der Waals surface area contributed by atoms with Crippen molar-refractivity contribution < 1.29 is 9.59 Å². The minimum Gasteiger partial charge on any atom is -0.294 e. The van der Waals surface area contributed by atoms with Crippen LogP contribution in [0.5, 0.6) is 0 Å². The highest BCUT2D eigenvalue weighted by atomic mass is 16.1. The Morgan fingerprint density at radius 1 is 1.05 bits per heavy atom. The summed E-state index contributed by atoms with van der Waals surface area (Å²) < 4.78 is 0. The van der Waals surface area contributed by atoms with Gasteiger partial charge >= 0.3 is 0 Å². The van der Waals surface area contributed by atoms with E-state index in [0.29, 0.717) is 16.7 Å². The van der Waals surface area contributed by atoms with Crippen molar-refractivity contribution in [3.8, 4) is 6.07 Å². The van der Waals surface area contributed by atoms with Gasteiger partial charge in [-0.15, -0.1) is 0 Å². The molecule has 0 aliphatic rings. The van der Waals surface area contributed by atoms with Crippen LogP contribution in [0, 0.1) is 11.3 Å². The fourth-order valence-corrected chi connectivity index (χ4v) is 1.65. The van der Waals surface area contributed by atoms with Gasteiger partial charge in [0.15, 0.2) is 11.6 Å². The summed E-state index contributed by atoms with van der Waals surface area (Å²) in [5.74, 6) is -0.548. The zero-order valence-electron chi connectivity index (χ0n) is 10.0. The largest absolute Gasteiger partial charge is 0.294 e. The second-order valence-corrected chi connectivity index (χ2v) is 3.95. The first-order valence-corrected chi connectivity index (χ1v) is 5.67. The molecule has 1 aromatic heterocycles. The molecule has 19 heavy (non-hydrogen) atoms. The van der Waals surface area contributed by atoms with Gasteiger partial charge in [-0.05, 0) is 24.3 Å². The predicted octanol–water partition coefficient (Wildman–Crippen LogP) is 2.41. The number of hydrogen-bond donors (Lipinski definition) is 0. The SMILES string of the molecule is N#Cc1cccc(C(=O)CC(=O)c2ccncc2)c1. The molecule has 0 fully saturated rings. The smallest absolute Gasteiger partial charge is 0.170 e. The fourth-order valence-electron chi connectivity index (χ4n) is 1.65. The molecule has 92 valence electrons. The van der Waals surface area contributed by atoms with Crippen LogP contribution in [-0.2, 0) is 0 Å². The standard InChI is InChI=1S/C15H10N2O2/c16-10-11-2-1-3-13(8-11)15(19)9-14(18)12-4-6-17-7-5-12/h1-8H,9H2. The normalized spacial score (nSPS) is 9.63. The van der Waals surface area contributed by atoms with Crippen LogP contribution in [0.25, 0.3) is 0 Å². The predicted molar refractivity (Wildman–Crippen MR) is 68.7 cm³/mol. The molecule has 2 rings (SSSR count). The Bertz CT molecular complexity index is 657. The van der Waals surface area contributed by atoms with Gasteiger partial charge in [0.2, 0.25) is 0 Å². The van der Waals surface area contributed by atoms with E-state index < -0.39 is 0 Å². The van der Waals surface area contributed by atoms with Crippen LogP contribution in [0.3, 0.4) is 0 Å². The van der Waals surface area contributed by atoms with Gasteiger partial charge < -0.3 is 0 Å². The van der Waals surface area contributed by atoms with Crippen molar-refractivity contribution in [2.75, 3.05) is 0 Å². The Morgan fingerprint density at radius 2 is 1.74 bits per heavy atom. The zero-order valence-corrected chi connectivity index (χ0v) is 10.0. The Kier molecular flexibility index (Phi) is 3.79. The van der Waals surface area contributed by atoms with Crippen LogP contribution in [0.2, 0.25) is 0 Å². The molecule has 0 saturated carbocycles. The Labute approximate surface area is 110 Å². The number of pyridine rings is 1. The van der Waals surface area contributed by atoms with Gasteiger partial charge in [0.05, 0.1) is 18.1 Å². The second-order valence-electron chi connectivity index (χ2n) is 3.95. The number of hydrogen-bond acceptors (Lipinski definition) is 4. The summed E-state index contributed by atoms with van der Waals surface area (Å²) in [5, 5.41) is 8.77. The summed E-state index contributed by atoms with van der Waals surface area (Å²) in [7, 11) is 0. The molecule has 1 heterocycles. The molecule has 4 nitrogen and oxygen atoms in total. The third-order valence-electron chi connectivity index (χ3n) is 2.64. The number of carbonyl (C=O) groups excluding carboxylic acids is 2. The number of carbonyl (C=O) groups is 2. The van der Waals surface area contributed by atoms with Gasteiger partial charge in [-0.1, -0.05) is 12.1 Å². The highest BCUT2D eigenvalue weighted by Gasteiger charge is 2.13. The van der Waals surface area contributed by atoms with Crippen LogP contribution in [0.1, 0.15) is 32.7 Å². The molecular formula is C15H10N2O2. The lowest BCUT2D eigenvalue weighted by molar-refractivity contribution is 0.0894. The summed E-state index contributed by atoms with van der Waals surface area (Å²) in [5.41, 5.74) is 1.24. The van der Waals surface area contributed by atoms with E-state index in [2.05, 4.69) is 4.98 Å². The van der Waals surface area contributed by atoms with Crippen LogP contribution < -0.4 is 0 Å². The molecule has 4 heteroatoms. The van der Waals surface area contributed by atoms with Crippen molar-refractivity contribution in [1.82, 2.24) is 4.98 Å². The van der Waals surface area contributed by atoms with Crippen molar-refractivity contribution in [2.45, 2.75) is 6.42 Å². The molecule has 0 atom stereocenters. The van der Waals surface area contributed by atoms with E-state index in [1.807, 2.05) is 6.07 Å². The first-order chi connectivity index (χ1) is 9.20. The molecule has 0 saturated heterocycles. The molecule has 0 amide bonds. The van der Waals surface area contributed by atoms with Gasteiger partial charge in [-0.25, -0.2) is 0 Å². The Morgan fingerprint density at radius 3 is 2.42 bits per heavy atom. The molecule has 0 spiro atoms. The molecule has 1 aromatic carbocycles. The van der Waals surface area contributed by atoms with Crippen molar-refractivity contribution in [3.63, 3.8) is 0 Å². The maximum absolute atomic E-state index is 12.0. The number of ketones is 2. The molecule has 0 radical (unpaired) electrons. The molecule has 0 bridgehead atoms. The van der Waals surface area contributed by atoms with Gasteiger partial charge in [0.25, 0.3) is 0 Å². The first kappa shape index (κ1) is 12.7. The minimum absolute atomic E-state index is 0.209. The summed E-state index contributed by atoms with van der Waals surface area (Å²) in [6, 6.07) is 11.4. The highest BCUT2D eigenvalue weighted by molar-refractivity contribution is 6.13. The van der Waals surface area contributed by atoms with Crippen molar-refractivity contribution in [1.29, 1.82) is 5.26 Å². The first-order valence-electron chi connectivity index (χ1n) is 5.67. The zero-order chi connectivity index (χ0) is 13.7. The number of rotatable bonds is 4. The maximum atomic E-state index is 12.0. The van der Waals surface area contributed by atoms with Crippen LogP contribution >= 0.6 is 0 Å². The average molecular weight is 250 g/mol. The van der Waals surface area contributed by atoms with E-state index in [1.54, 1.807) is 30.3 Å². The quantitative estimate of drug-likeness (QED) is 0.617. The Hall–Kier alpha value is -2.80. The van der Waals surface area contributed by atoms with Crippen molar-refractivity contribution in [2.24, 2.45) is 0 Å². The van der Waals surface area contributed by atoms with Gasteiger partial charge in [0.1, 0.15) is 0 Å². The number of aromatic nitrogens is 1. The number of nitriles is 1. The number of Topliss-reactive ketones (excluding diaryl/α,β-unsaturated/α-hetero) is 2. The molecule has 2 aromatic rings. The maximum Gasteiger partial charge on any atom is 0.170 e. The number of benzene rings is 1. The summed E-state index contributed by atoms with van der Waals surface area (Å²) in [4.78, 5) is 27.6. The Balaban J connectivity index is 2.13. The van der Waals surface area contributed by atoms with E-state index in [1.165, 1.54) is 18.5 Å². The van der Waals surface area contributed by atoms with Gasteiger partial charge in [0, 0.05) is 23.5 Å². The highest BCUT2D eigenvalue weighted by Crippen LogP contribution is 2.10. The van der Waals surface area contributed by atoms with E-state index in [0.717, 1.165) is 0 Å². The third kappa shape index (κ3) is 3.11. The van der Waals surface area contributed by atoms with E-state index >= 15 is 0 Å². The topological polar surface area (TPSA) is 70.8 Å². The van der Waals surface area contributed by atoms with Crippen LogP contribution in [0.15, 0.2) is 48.8 Å². The monoisotopic (exact) mass is 250 g/mol. The van der Waals surface area contributed by atoms with E-state index in [9.17, 15) is 9.59 Å². The third-order valence-corrected chi connectivity index (χ3v) is 2.64. The van der Waals surface area contributed by atoms with Crippen LogP contribution in [-0.4, -0.2) is 16.6 Å². The van der Waals surface area contributed by atoms with E-state index in [4.69, 9.17) is 5.26 Å². The second kappa shape index (κ2) is 5.69. The van der Waals surface area contributed by atoms with Crippen molar-refractivity contribution in [3.05, 3.63) is 65.5 Å². The lowest BCUT2D eigenvalue weighted by Gasteiger charge is -2.01. The molecular weight excluding hydrogens is 240 g/mol. The molecule has 0 aliphatic carbocycles. The van der Waals surface area contributed by atoms with Gasteiger partial charge in [-0.3, -0.25) is 14.6 Å². The lowest BCUT2D eigenvalue weighted by Crippen LogP contribution is -2.08. The lowest BCUT2D eigenvalue weighted by atomic mass is 10.0. The molecule has 0 aliphatic heterocycles. The fraction of sp³-hybridized carbons (Fsp3) is 0.0667. The minimum atomic E-state index is -0.293. The summed E-state index contributed by atoms with van der Waals surface area (Å²) in [6.45, 7) is 0. The number of nitrogens with zero attached hydrogens (tertiary/aromatic N) is 2. The van der Waals surface area contributed by atoms with Crippen molar-refractivity contribution >= 4 is 11.6 Å². The molecule has 0 unspecified atom stereocenters. The van der Waals surface area contributed by atoms with Gasteiger partial charge in [-0.2, -0.15) is 5.26 Å². The summed E-state index contributed by atoms with van der Waals surface area (Å²) in [6.07, 6.45) is 2.81.